The zero-order valence-electron chi connectivity index (χ0n) is 13.2. The Morgan fingerprint density at radius 1 is 1.00 bits per heavy atom. The Balaban J connectivity index is 2.21. The van der Waals surface area contributed by atoms with Gasteiger partial charge in [0.25, 0.3) is 0 Å². The fourth-order valence-electron chi connectivity index (χ4n) is 2.59. The van der Waals surface area contributed by atoms with Crippen molar-refractivity contribution in [1.82, 2.24) is 5.32 Å². The molecule has 0 radical (unpaired) electrons. The Kier molecular flexibility index (Phi) is 5.97. The van der Waals surface area contributed by atoms with Crippen LogP contribution in [0.4, 0.5) is 0 Å². The van der Waals surface area contributed by atoms with Crippen molar-refractivity contribution < 1.29 is 4.74 Å². The van der Waals surface area contributed by atoms with E-state index < -0.39 is 0 Å². The van der Waals surface area contributed by atoms with E-state index in [0.29, 0.717) is 0 Å². The van der Waals surface area contributed by atoms with Crippen molar-refractivity contribution in [2.75, 3.05) is 13.2 Å². The number of hydrogen-bond donors (Lipinski definition) is 1. The second-order valence-corrected chi connectivity index (χ2v) is 5.37. The molecule has 2 heteroatoms. The van der Waals surface area contributed by atoms with Crippen LogP contribution in [0.5, 0.6) is 0 Å². The normalized spacial score (nSPS) is 13.9. The maximum atomic E-state index is 5.63. The van der Waals surface area contributed by atoms with Crippen LogP contribution >= 0.6 is 0 Å². The summed E-state index contributed by atoms with van der Waals surface area (Å²) in [7, 11) is 0. The van der Waals surface area contributed by atoms with E-state index in [2.05, 4.69) is 73.8 Å². The van der Waals surface area contributed by atoms with E-state index in [4.69, 9.17) is 4.74 Å². The number of ether oxygens (including phenoxy) is 1. The summed E-state index contributed by atoms with van der Waals surface area (Å²) in [5, 5.41) is 3.65. The molecule has 0 saturated carbocycles. The molecule has 0 aliphatic carbocycles. The van der Waals surface area contributed by atoms with Gasteiger partial charge < -0.3 is 10.1 Å². The monoisotopic (exact) mass is 283 g/mol. The van der Waals surface area contributed by atoms with Crippen molar-refractivity contribution >= 4 is 0 Å². The quantitative estimate of drug-likeness (QED) is 0.826. The van der Waals surface area contributed by atoms with E-state index in [9.17, 15) is 0 Å². The first-order valence-electron chi connectivity index (χ1n) is 7.67. The summed E-state index contributed by atoms with van der Waals surface area (Å²) in [5.41, 5.74) is 3.92. The first-order valence-corrected chi connectivity index (χ1v) is 7.67. The Hall–Kier alpha value is -1.64. The van der Waals surface area contributed by atoms with Gasteiger partial charge in [0.1, 0.15) is 0 Å². The van der Waals surface area contributed by atoms with Crippen LogP contribution in [0, 0.1) is 6.92 Å². The van der Waals surface area contributed by atoms with Crippen molar-refractivity contribution in [3.05, 3.63) is 71.3 Å². The summed E-state index contributed by atoms with van der Waals surface area (Å²) in [6, 6.07) is 19.4. The SMILES string of the molecule is CCOC(C)CNC(c1ccccc1)c1ccccc1C. The highest BCUT2D eigenvalue weighted by atomic mass is 16.5. The lowest BCUT2D eigenvalue weighted by atomic mass is 9.95. The van der Waals surface area contributed by atoms with Crippen LogP contribution in [0.3, 0.4) is 0 Å². The molecule has 2 aromatic rings. The van der Waals surface area contributed by atoms with Crippen molar-refractivity contribution in [2.45, 2.75) is 32.9 Å². The van der Waals surface area contributed by atoms with Crippen LogP contribution in [0.2, 0.25) is 0 Å². The van der Waals surface area contributed by atoms with E-state index in [-0.39, 0.29) is 12.1 Å². The average molecular weight is 283 g/mol. The number of benzene rings is 2. The number of hydrogen-bond acceptors (Lipinski definition) is 2. The van der Waals surface area contributed by atoms with Gasteiger partial charge in [0, 0.05) is 13.2 Å². The van der Waals surface area contributed by atoms with Gasteiger partial charge in [-0.3, -0.25) is 0 Å². The van der Waals surface area contributed by atoms with Gasteiger partial charge >= 0.3 is 0 Å². The van der Waals surface area contributed by atoms with Gasteiger partial charge in [-0.1, -0.05) is 54.6 Å². The molecule has 0 aromatic heterocycles. The number of nitrogens with one attached hydrogen (secondary N) is 1. The Morgan fingerprint density at radius 3 is 2.33 bits per heavy atom. The molecule has 112 valence electrons. The third-order valence-electron chi connectivity index (χ3n) is 3.69. The summed E-state index contributed by atoms with van der Waals surface area (Å²) in [6.45, 7) is 7.90. The number of aryl methyl sites for hydroxylation is 1. The van der Waals surface area contributed by atoms with Gasteiger partial charge in [-0.25, -0.2) is 0 Å². The molecule has 2 nitrogen and oxygen atoms in total. The first kappa shape index (κ1) is 15.7. The van der Waals surface area contributed by atoms with Crippen LogP contribution in [0.15, 0.2) is 54.6 Å². The van der Waals surface area contributed by atoms with Crippen LogP contribution in [0.1, 0.15) is 36.6 Å². The third-order valence-corrected chi connectivity index (χ3v) is 3.69. The minimum atomic E-state index is 0.204. The predicted octanol–water partition coefficient (Wildman–Crippen LogP) is 4.10. The lowest BCUT2D eigenvalue weighted by molar-refractivity contribution is 0.0748. The summed E-state index contributed by atoms with van der Waals surface area (Å²) in [6.07, 6.45) is 0.213. The fraction of sp³-hybridized carbons (Fsp3) is 0.368. The smallest absolute Gasteiger partial charge is 0.0671 e. The van der Waals surface area contributed by atoms with Crippen molar-refractivity contribution in [3.63, 3.8) is 0 Å². The topological polar surface area (TPSA) is 21.3 Å². The average Bonchev–Trinajstić information content (AvgIpc) is 2.50. The molecule has 0 aliphatic rings. The molecule has 0 spiro atoms. The van der Waals surface area contributed by atoms with Crippen LogP contribution < -0.4 is 5.32 Å². The summed E-state index contributed by atoms with van der Waals surface area (Å²) in [5.74, 6) is 0. The van der Waals surface area contributed by atoms with Crippen LogP contribution in [0.25, 0.3) is 0 Å². The third kappa shape index (κ3) is 4.42. The van der Waals surface area contributed by atoms with Gasteiger partial charge in [-0.15, -0.1) is 0 Å². The van der Waals surface area contributed by atoms with Gasteiger partial charge in [0.05, 0.1) is 12.1 Å². The van der Waals surface area contributed by atoms with E-state index in [1.54, 1.807) is 0 Å². The van der Waals surface area contributed by atoms with Crippen molar-refractivity contribution in [2.24, 2.45) is 0 Å². The summed E-state index contributed by atoms with van der Waals surface area (Å²) >= 11 is 0. The zero-order chi connectivity index (χ0) is 15.1. The van der Waals surface area contributed by atoms with Gasteiger partial charge in [-0.2, -0.15) is 0 Å². The largest absolute Gasteiger partial charge is 0.377 e. The minimum absolute atomic E-state index is 0.204. The minimum Gasteiger partial charge on any atom is -0.377 e. The predicted molar refractivity (Wildman–Crippen MR) is 88.6 cm³/mol. The van der Waals surface area contributed by atoms with Gasteiger partial charge in [0.2, 0.25) is 0 Å². The molecule has 1 N–H and O–H groups in total. The highest BCUT2D eigenvalue weighted by molar-refractivity contribution is 5.36. The van der Waals surface area contributed by atoms with Gasteiger partial charge in [-0.05, 0) is 37.5 Å². The molecule has 2 unspecified atom stereocenters. The standard InChI is InChI=1S/C19H25NO/c1-4-21-16(3)14-20-19(17-11-6-5-7-12-17)18-13-9-8-10-15(18)2/h5-13,16,19-20H,4,14H2,1-3H3. The Labute approximate surface area is 128 Å². The molecule has 21 heavy (non-hydrogen) atoms. The van der Waals surface area contributed by atoms with E-state index in [0.717, 1.165) is 13.2 Å². The lowest BCUT2D eigenvalue weighted by Crippen LogP contribution is -2.31. The molecule has 2 aromatic carbocycles. The Morgan fingerprint density at radius 2 is 1.67 bits per heavy atom. The highest BCUT2D eigenvalue weighted by Gasteiger charge is 2.16. The van der Waals surface area contributed by atoms with Crippen LogP contribution in [-0.4, -0.2) is 19.3 Å². The van der Waals surface area contributed by atoms with Crippen LogP contribution in [-0.2, 0) is 4.74 Å². The molecule has 0 bridgehead atoms. The maximum absolute atomic E-state index is 5.63. The summed E-state index contributed by atoms with van der Waals surface area (Å²) < 4.78 is 5.63. The Bertz CT molecular complexity index is 538. The number of rotatable bonds is 7. The molecule has 0 saturated heterocycles. The van der Waals surface area contributed by atoms with Gasteiger partial charge in [0.15, 0.2) is 0 Å². The first-order chi connectivity index (χ1) is 10.2. The van der Waals surface area contributed by atoms with Crippen molar-refractivity contribution in [3.8, 4) is 0 Å². The fourth-order valence-corrected chi connectivity index (χ4v) is 2.59. The molecule has 0 fully saturated rings. The molecule has 2 atom stereocenters. The molecule has 2 rings (SSSR count). The maximum Gasteiger partial charge on any atom is 0.0671 e. The second kappa shape index (κ2) is 7.96. The molecule has 0 heterocycles. The van der Waals surface area contributed by atoms with Crippen molar-refractivity contribution in [1.29, 1.82) is 0 Å². The second-order valence-electron chi connectivity index (χ2n) is 5.37. The zero-order valence-corrected chi connectivity index (χ0v) is 13.2. The summed E-state index contributed by atoms with van der Waals surface area (Å²) in [4.78, 5) is 0. The molecule has 0 aliphatic heterocycles. The molecular formula is C19H25NO. The van der Waals surface area contributed by atoms with E-state index in [1.807, 2.05) is 6.92 Å². The highest BCUT2D eigenvalue weighted by Crippen LogP contribution is 2.24. The van der Waals surface area contributed by atoms with E-state index in [1.165, 1.54) is 16.7 Å². The lowest BCUT2D eigenvalue weighted by Gasteiger charge is -2.23. The molecule has 0 amide bonds. The molecular weight excluding hydrogens is 258 g/mol. The van der Waals surface area contributed by atoms with E-state index >= 15 is 0 Å².